The Labute approximate surface area is 258 Å². The van der Waals surface area contributed by atoms with Gasteiger partial charge in [0.2, 0.25) is 5.91 Å². The number of nitrogens with zero attached hydrogens (tertiary/aromatic N) is 5. The van der Waals surface area contributed by atoms with E-state index in [1.54, 1.807) is 13.1 Å². The molecular weight excluding hydrogens is 563 g/mol. The van der Waals surface area contributed by atoms with Crippen molar-refractivity contribution >= 4 is 17.6 Å². The lowest BCUT2D eigenvalue weighted by Crippen LogP contribution is -2.64. The summed E-state index contributed by atoms with van der Waals surface area (Å²) in [4.78, 5) is 41.4. The van der Waals surface area contributed by atoms with E-state index in [-0.39, 0.29) is 47.2 Å². The quantitative estimate of drug-likeness (QED) is 0.437. The molecule has 7 rings (SSSR count). The number of aromatic nitrogens is 2. The van der Waals surface area contributed by atoms with Gasteiger partial charge in [0.15, 0.2) is 11.6 Å². The molecule has 1 spiro atoms. The van der Waals surface area contributed by atoms with Crippen molar-refractivity contribution in [2.45, 2.75) is 77.0 Å². The smallest absolute Gasteiger partial charge is 0.258 e. The molecule has 44 heavy (non-hydrogen) atoms. The molecule has 10 nitrogen and oxygen atoms in total. The number of likely N-dealkylation sites (tertiary alicyclic amines) is 1. The van der Waals surface area contributed by atoms with Crippen molar-refractivity contribution in [2.24, 2.45) is 11.3 Å². The second kappa shape index (κ2) is 12.1. The molecule has 1 aliphatic carbocycles. The lowest BCUT2D eigenvalue weighted by atomic mass is 9.70. The maximum Gasteiger partial charge on any atom is 0.258 e. The van der Waals surface area contributed by atoms with Crippen molar-refractivity contribution in [3.05, 3.63) is 54.3 Å². The van der Waals surface area contributed by atoms with Gasteiger partial charge in [-0.3, -0.25) is 9.59 Å². The monoisotopic (exact) mass is 606 g/mol. The van der Waals surface area contributed by atoms with Gasteiger partial charge >= 0.3 is 0 Å². The minimum atomic E-state index is -0.559. The molecule has 5 heterocycles. The van der Waals surface area contributed by atoms with Gasteiger partial charge in [0.25, 0.3) is 5.91 Å². The Hall–Kier alpha value is -3.57. The van der Waals surface area contributed by atoms with Crippen molar-refractivity contribution in [3.8, 4) is 11.5 Å². The van der Waals surface area contributed by atoms with Gasteiger partial charge in [-0.25, -0.2) is 14.4 Å². The summed E-state index contributed by atoms with van der Waals surface area (Å²) in [7, 11) is 0. The molecule has 4 atom stereocenters. The maximum atomic E-state index is 14.4. The van der Waals surface area contributed by atoms with E-state index in [2.05, 4.69) is 26.8 Å². The van der Waals surface area contributed by atoms with Crippen LogP contribution in [0.15, 0.2) is 42.9 Å². The molecular formula is C33H43FN6O4. The highest BCUT2D eigenvalue weighted by atomic mass is 19.1. The molecule has 11 heteroatoms. The fourth-order valence-corrected chi connectivity index (χ4v) is 7.61. The minimum absolute atomic E-state index is 0.0650. The van der Waals surface area contributed by atoms with Gasteiger partial charge < -0.3 is 29.9 Å². The Morgan fingerprint density at radius 2 is 1.95 bits per heavy atom. The standard InChI is InChI=1S/C33H43FN6O4/c1-20(2)40(22(4)16-41)31(42)26-14-23(34)5-8-27(26)44-28-15-35-19-36-30(28)39-17-33(18-39)9-11-38(12-10-33)32(43)29-25-7-6-24(37-29)13-21(25)3/h5,8,14-15,19-20,22,24-25,29,37,41H,3,6-7,9-13,16-18H2,1-2,4H3/t22-,24-,25+,29-/m0/s1. The number of nitrogens with one attached hydrogen (secondary N) is 1. The van der Waals surface area contributed by atoms with Crippen molar-refractivity contribution in [1.29, 1.82) is 0 Å². The van der Waals surface area contributed by atoms with Crippen LogP contribution < -0.4 is 15.0 Å². The summed E-state index contributed by atoms with van der Waals surface area (Å²) in [5, 5.41) is 13.3. The van der Waals surface area contributed by atoms with E-state index in [0.717, 1.165) is 64.3 Å². The van der Waals surface area contributed by atoms with E-state index in [9.17, 15) is 19.1 Å². The van der Waals surface area contributed by atoms with Crippen LogP contribution in [0.2, 0.25) is 0 Å². The van der Waals surface area contributed by atoms with Crippen molar-refractivity contribution in [2.75, 3.05) is 37.7 Å². The number of carbonyl (C=O) groups excluding carboxylic acids is 2. The van der Waals surface area contributed by atoms with Gasteiger partial charge in [-0.15, -0.1) is 0 Å². The number of aliphatic hydroxyl groups is 1. The number of ether oxygens (including phenoxy) is 1. The zero-order valence-electron chi connectivity index (χ0n) is 25.8. The third-order valence-electron chi connectivity index (χ3n) is 10.0. The number of hydrogen-bond donors (Lipinski definition) is 2. The van der Waals surface area contributed by atoms with Gasteiger partial charge in [-0.1, -0.05) is 12.2 Å². The third kappa shape index (κ3) is 5.67. The van der Waals surface area contributed by atoms with Gasteiger partial charge in [-0.2, -0.15) is 0 Å². The molecule has 2 amide bonds. The summed E-state index contributed by atoms with van der Waals surface area (Å²) in [6.45, 7) is 12.5. The number of amides is 2. The van der Waals surface area contributed by atoms with Crippen molar-refractivity contribution < 1.29 is 23.8 Å². The molecule has 2 aromatic rings. The number of fused-ring (bicyclic) bond motifs is 3. The van der Waals surface area contributed by atoms with Crippen LogP contribution in [0.25, 0.3) is 0 Å². The number of anilines is 1. The lowest BCUT2D eigenvalue weighted by molar-refractivity contribution is -0.138. The topological polar surface area (TPSA) is 111 Å². The Morgan fingerprint density at radius 3 is 2.61 bits per heavy atom. The molecule has 1 aromatic heterocycles. The molecule has 1 saturated carbocycles. The number of aliphatic hydroxyl groups excluding tert-OH is 1. The molecule has 4 aliphatic heterocycles. The van der Waals surface area contributed by atoms with Crippen LogP contribution in [0, 0.1) is 17.2 Å². The molecule has 2 bridgehead atoms. The Balaban J connectivity index is 1.12. The number of hydrogen-bond acceptors (Lipinski definition) is 8. The molecule has 5 fully saturated rings. The second-order valence-corrected chi connectivity index (χ2v) is 13.4. The SMILES string of the molecule is C=C1C[C@@H]2CC[C@H]1[C@@H](C(=O)N1CCC3(CC1)CN(c1ncncc1Oc1ccc(F)cc1C(=O)N(C(C)C)[C@@H](C)CO)C3)N2. The molecule has 1 aromatic carbocycles. The fourth-order valence-electron chi connectivity index (χ4n) is 7.61. The predicted molar refractivity (Wildman–Crippen MR) is 164 cm³/mol. The van der Waals surface area contributed by atoms with Gasteiger partial charge in [0.1, 0.15) is 17.9 Å². The zero-order chi connectivity index (χ0) is 31.2. The lowest BCUT2D eigenvalue weighted by Gasteiger charge is -2.55. The van der Waals surface area contributed by atoms with E-state index in [1.807, 2.05) is 18.7 Å². The maximum absolute atomic E-state index is 14.4. The van der Waals surface area contributed by atoms with Crippen LogP contribution in [0.3, 0.4) is 0 Å². The van der Waals surface area contributed by atoms with Gasteiger partial charge in [0, 0.05) is 49.6 Å². The van der Waals surface area contributed by atoms with Crippen LogP contribution in [0.4, 0.5) is 10.2 Å². The van der Waals surface area contributed by atoms with Crippen LogP contribution in [-0.2, 0) is 4.79 Å². The number of carbonyl (C=O) groups is 2. The molecule has 4 saturated heterocycles. The third-order valence-corrected chi connectivity index (χ3v) is 10.0. The van der Waals surface area contributed by atoms with Crippen LogP contribution in [-0.4, -0.2) is 93.6 Å². The second-order valence-electron chi connectivity index (χ2n) is 13.4. The van der Waals surface area contributed by atoms with E-state index in [0.29, 0.717) is 17.6 Å². The predicted octanol–water partition coefficient (Wildman–Crippen LogP) is 3.76. The molecule has 236 valence electrons. The normalized spacial score (nSPS) is 24.8. The average Bonchev–Trinajstić information content (AvgIpc) is 3.00. The summed E-state index contributed by atoms with van der Waals surface area (Å²) >= 11 is 0. The van der Waals surface area contributed by atoms with E-state index < -0.39 is 17.8 Å². The summed E-state index contributed by atoms with van der Waals surface area (Å²) < 4.78 is 20.6. The van der Waals surface area contributed by atoms with Crippen molar-refractivity contribution in [1.82, 2.24) is 25.1 Å². The Bertz CT molecular complexity index is 1420. The molecule has 2 N–H and O–H groups in total. The van der Waals surface area contributed by atoms with Crippen LogP contribution >= 0.6 is 0 Å². The van der Waals surface area contributed by atoms with Gasteiger partial charge in [-0.05, 0) is 71.1 Å². The van der Waals surface area contributed by atoms with Crippen molar-refractivity contribution in [3.63, 3.8) is 0 Å². The first-order valence-corrected chi connectivity index (χ1v) is 15.8. The highest BCUT2D eigenvalue weighted by molar-refractivity contribution is 5.97. The fraction of sp³-hybridized carbons (Fsp3) is 0.576. The summed E-state index contributed by atoms with van der Waals surface area (Å²) in [6, 6.07) is 3.43. The zero-order valence-corrected chi connectivity index (χ0v) is 25.8. The first kappa shape index (κ1) is 30.5. The molecule has 0 unspecified atom stereocenters. The number of benzene rings is 1. The van der Waals surface area contributed by atoms with E-state index in [1.165, 1.54) is 28.9 Å². The first-order chi connectivity index (χ1) is 21.1. The first-order valence-electron chi connectivity index (χ1n) is 15.8. The Kier molecular flexibility index (Phi) is 8.36. The molecule has 0 radical (unpaired) electrons. The number of piperidine rings is 3. The average molecular weight is 607 g/mol. The summed E-state index contributed by atoms with van der Waals surface area (Å²) in [5.74, 6) is 0.654. The van der Waals surface area contributed by atoms with E-state index >= 15 is 0 Å². The van der Waals surface area contributed by atoms with Crippen LogP contribution in [0.5, 0.6) is 11.5 Å². The Morgan fingerprint density at radius 1 is 1.20 bits per heavy atom. The highest BCUT2D eigenvalue weighted by Gasteiger charge is 2.49. The number of halogens is 1. The van der Waals surface area contributed by atoms with Gasteiger partial charge in [0.05, 0.1) is 30.5 Å². The van der Waals surface area contributed by atoms with E-state index in [4.69, 9.17) is 4.74 Å². The van der Waals surface area contributed by atoms with Crippen LogP contribution in [0.1, 0.15) is 63.2 Å². The number of rotatable bonds is 8. The largest absolute Gasteiger partial charge is 0.451 e. The summed E-state index contributed by atoms with van der Waals surface area (Å²) in [5.41, 5.74) is 1.38. The summed E-state index contributed by atoms with van der Waals surface area (Å²) in [6.07, 6.45) is 8.02. The minimum Gasteiger partial charge on any atom is -0.451 e. The highest BCUT2D eigenvalue weighted by Crippen LogP contribution is 2.45. The molecule has 5 aliphatic rings.